The second-order valence-corrected chi connectivity index (χ2v) is 7.16. The number of cyclic esters (lactones) is 1. The zero-order valence-electron chi connectivity index (χ0n) is 16.4. The molecule has 0 amide bonds. The number of rotatable bonds is 15. The molecule has 0 unspecified atom stereocenters. The summed E-state index contributed by atoms with van der Waals surface area (Å²) in [5, 5.41) is 9.84. The summed E-state index contributed by atoms with van der Waals surface area (Å²) in [5.41, 5.74) is -0.138. The highest BCUT2D eigenvalue weighted by atomic mass is 16.5. The van der Waals surface area contributed by atoms with Crippen molar-refractivity contribution in [1.29, 1.82) is 0 Å². The quantitative estimate of drug-likeness (QED) is 0.0972. The van der Waals surface area contributed by atoms with Crippen molar-refractivity contribution in [3.8, 4) is 0 Å². The van der Waals surface area contributed by atoms with Gasteiger partial charge < -0.3 is 9.84 Å². The van der Waals surface area contributed by atoms with Crippen molar-refractivity contribution in [2.45, 2.75) is 96.8 Å². The van der Waals surface area contributed by atoms with E-state index in [4.69, 9.17) is 0 Å². The molecule has 0 spiro atoms. The normalized spacial score (nSPS) is 16.5. The van der Waals surface area contributed by atoms with Crippen LogP contribution in [0.1, 0.15) is 96.8 Å². The van der Waals surface area contributed by atoms with Crippen molar-refractivity contribution >= 4 is 11.8 Å². The van der Waals surface area contributed by atoms with Crippen molar-refractivity contribution in [2.24, 2.45) is 0 Å². The number of allylic oxidation sites excluding steroid dienone is 3. The molecule has 0 atom stereocenters. The van der Waals surface area contributed by atoms with E-state index < -0.39 is 11.8 Å². The van der Waals surface area contributed by atoms with E-state index in [1.807, 2.05) is 0 Å². The van der Waals surface area contributed by atoms with Crippen LogP contribution in [0, 0.1) is 0 Å². The highest BCUT2D eigenvalue weighted by Gasteiger charge is 2.31. The molecule has 4 nitrogen and oxygen atoms in total. The molecule has 0 aromatic carbocycles. The van der Waals surface area contributed by atoms with Crippen molar-refractivity contribution in [2.75, 3.05) is 6.61 Å². The van der Waals surface area contributed by atoms with Gasteiger partial charge in [-0.05, 0) is 32.1 Å². The van der Waals surface area contributed by atoms with Gasteiger partial charge in [-0.15, -0.1) is 0 Å². The average molecular weight is 365 g/mol. The highest BCUT2D eigenvalue weighted by molar-refractivity contribution is 6.22. The predicted octanol–water partition coefficient (Wildman–Crippen LogP) is 5.96. The zero-order chi connectivity index (χ0) is 19.0. The molecular weight excluding hydrogens is 328 g/mol. The summed E-state index contributed by atoms with van der Waals surface area (Å²) >= 11 is 0. The molecule has 0 aliphatic carbocycles. The molecule has 1 aliphatic rings. The minimum atomic E-state index is -0.680. The molecule has 0 aromatic rings. The van der Waals surface area contributed by atoms with Gasteiger partial charge in [0.2, 0.25) is 5.78 Å². The third kappa shape index (κ3) is 9.79. The molecule has 0 saturated carbocycles. The fourth-order valence-corrected chi connectivity index (χ4v) is 3.16. The van der Waals surface area contributed by atoms with E-state index >= 15 is 0 Å². The first-order valence-electron chi connectivity index (χ1n) is 10.4. The van der Waals surface area contributed by atoms with E-state index in [0.717, 1.165) is 25.7 Å². The van der Waals surface area contributed by atoms with E-state index in [9.17, 15) is 14.7 Å². The first-order valence-corrected chi connectivity index (χ1v) is 10.4. The molecule has 148 valence electrons. The monoisotopic (exact) mass is 364 g/mol. The molecule has 1 rings (SSSR count). The van der Waals surface area contributed by atoms with Crippen molar-refractivity contribution in [3.05, 3.63) is 23.5 Å². The summed E-state index contributed by atoms with van der Waals surface area (Å²) < 4.78 is 4.61. The Morgan fingerprint density at radius 1 is 0.885 bits per heavy atom. The average Bonchev–Trinajstić information content (AvgIpc) is 2.96. The number of aliphatic hydroxyl groups excluding tert-OH is 1. The molecular formula is C22H36O4. The lowest BCUT2D eigenvalue weighted by Gasteiger charge is -2.02. The number of carbonyl (C=O) groups is 2. The maximum Gasteiger partial charge on any atom is 0.345 e. The van der Waals surface area contributed by atoms with Gasteiger partial charge in [-0.25, -0.2) is 4.79 Å². The van der Waals surface area contributed by atoms with Crippen LogP contribution in [-0.2, 0) is 14.3 Å². The van der Waals surface area contributed by atoms with Crippen LogP contribution in [0.5, 0.6) is 0 Å². The number of hydrogen-bond acceptors (Lipinski definition) is 4. The van der Waals surface area contributed by atoms with Crippen LogP contribution in [0.25, 0.3) is 0 Å². The first-order chi connectivity index (χ1) is 12.7. The molecule has 1 N–H and O–H groups in total. The number of Topliss-reactive ketones (excluding diaryl/α,β-unsaturated/α-hetero) is 1. The van der Waals surface area contributed by atoms with Gasteiger partial charge in [0.1, 0.15) is 11.3 Å². The maximum absolute atomic E-state index is 11.4. The molecule has 0 bridgehead atoms. The minimum Gasteiger partial charge on any atom is -0.511 e. The third-order valence-electron chi connectivity index (χ3n) is 4.78. The lowest BCUT2D eigenvalue weighted by molar-refractivity contribution is -0.135. The number of unbranched alkanes of at least 4 members (excludes halogenated alkanes) is 11. The van der Waals surface area contributed by atoms with E-state index in [1.165, 1.54) is 57.8 Å². The van der Waals surface area contributed by atoms with Crippen LogP contribution in [0.4, 0.5) is 0 Å². The summed E-state index contributed by atoms with van der Waals surface area (Å²) in [7, 11) is 0. The van der Waals surface area contributed by atoms with Gasteiger partial charge in [0.05, 0.1) is 0 Å². The summed E-state index contributed by atoms with van der Waals surface area (Å²) in [6.07, 6.45) is 20.8. The Morgan fingerprint density at radius 2 is 1.42 bits per heavy atom. The van der Waals surface area contributed by atoms with Crippen LogP contribution in [0.3, 0.4) is 0 Å². The standard InChI is InChI=1S/C22H36O4/c1-2-3-4-5-6-7-8-9-10-11-12-13-14-15-16-17-19(23)21-20(24)18-26-22(21)25/h9-10,23H,2-8,11-18H2,1H3/b10-9-,21-19?. The first kappa shape index (κ1) is 22.5. The van der Waals surface area contributed by atoms with Crippen LogP contribution in [-0.4, -0.2) is 23.5 Å². The number of ether oxygens (including phenoxy) is 1. The van der Waals surface area contributed by atoms with Crippen LogP contribution in [0.2, 0.25) is 0 Å². The van der Waals surface area contributed by atoms with Crippen LogP contribution < -0.4 is 0 Å². The zero-order valence-corrected chi connectivity index (χ0v) is 16.4. The predicted molar refractivity (Wildman–Crippen MR) is 105 cm³/mol. The fourth-order valence-electron chi connectivity index (χ4n) is 3.16. The highest BCUT2D eigenvalue weighted by Crippen LogP contribution is 2.18. The summed E-state index contributed by atoms with van der Waals surface area (Å²) in [6.45, 7) is 2.02. The molecule has 1 fully saturated rings. The Morgan fingerprint density at radius 3 is 1.96 bits per heavy atom. The Hall–Kier alpha value is -1.58. The molecule has 0 radical (unpaired) electrons. The van der Waals surface area contributed by atoms with Gasteiger partial charge in [0.25, 0.3) is 0 Å². The topological polar surface area (TPSA) is 63.6 Å². The number of esters is 1. The smallest absolute Gasteiger partial charge is 0.345 e. The number of aliphatic hydroxyl groups is 1. The molecule has 1 heterocycles. The Bertz CT molecular complexity index is 459. The molecule has 1 aliphatic heterocycles. The van der Waals surface area contributed by atoms with E-state index in [0.29, 0.717) is 6.42 Å². The Kier molecular flexibility index (Phi) is 12.6. The van der Waals surface area contributed by atoms with E-state index in [1.54, 1.807) is 0 Å². The fraction of sp³-hybridized carbons (Fsp3) is 0.727. The van der Waals surface area contributed by atoms with E-state index in [-0.39, 0.29) is 17.9 Å². The van der Waals surface area contributed by atoms with Crippen molar-refractivity contribution in [1.82, 2.24) is 0 Å². The molecule has 26 heavy (non-hydrogen) atoms. The maximum atomic E-state index is 11.4. The summed E-state index contributed by atoms with van der Waals surface area (Å²) in [6, 6.07) is 0. The lowest BCUT2D eigenvalue weighted by atomic mass is 10.1. The SMILES string of the molecule is CCCCCCCC/C=C\CCCCCCCC(O)=C1C(=O)COC1=O. The Labute approximate surface area is 158 Å². The van der Waals surface area contributed by atoms with Gasteiger partial charge in [0, 0.05) is 6.42 Å². The molecule has 1 saturated heterocycles. The summed E-state index contributed by atoms with van der Waals surface area (Å²) in [5.74, 6) is -1.18. The van der Waals surface area contributed by atoms with E-state index in [2.05, 4.69) is 23.8 Å². The van der Waals surface area contributed by atoms with Crippen molar-refractivity contribution < 1.29 is 19.4 Å². The van der Waals surface area contributed by atoms with Crippen LogP contribution >= 0.6 is 0 Å². The van der Waals surface area contributed by atoms with Gasteiger partial charge in [-0.1, -0.05) is 70.4 Å². The number of carbonyl (C=O) groups excluding carboxylic acids is 2. The van der Waals surface area contributed by atoms with Gasteiger partial charge in [0.15, 0.2) is 6.61 Å². The molecule has 0 aromatic heterocycles. The number of ketones is 1. The van der Waals surface area contributed by atoms with Gasteiger partial charge in [-0.3, -0.25) is 4.79 Å². The molecule has 4 heteroatoms. The minimum absolute atomic E-state index is 0.102. The second kappa shape index (κ2) is 14.6. The van der Waals surface area contributed by atoms with Crippen LogP contribution in [0.15, 0.2) is 23.5 Å². The second-order valence-electron chi connectivity index (χ2n) is 7.16. The van der Waals surface area contributed by atoms with Gasteiger partial charge >= 0.3 is 5.97 Å². The largest absolute Gasteiger partial charge is 0.511 e. The number of hydrogen-bond donors (Lipinski definition) is 1. The lowest BCUT2D eigenvalue weighted by Crippen LogP contribution is -2.05. The van der Waals surface area contributed by atoms with Crippen molar-refractivity contribution in [3.63, 3.8) is 0 Å². The third-order valence-corrected chi connectivity index (χ3v) is 4.78. The van der Waals surface area contributed by atoms with Gasteiger partial charge in [-0.2, -0.15) is 0 Å². The summed E-state index contributed by atoms with van der Waals surface area (Å²) in [4.78, 5) is 22.7. The Balaban J connectivity index is 1.92.